The number of fused-ring (bicyclic) bond motifs is 3. The van der Waals surface area contributed by atoms with Crippen LogP contribution in [-0.2, 0) is 14.2 Å². The van der Waals surface area contributed by atoms with Crippen LogP contribution in [0.4, 0.5) is 0 Å². The molecular weight excluding hydrogens is 264 g/mol. The fourth-order valence-electron chi connectivity index (χ4n) is 4.62. The summed E-state index contributed by atoms with van der Waals surface area (Å²) in [7, 11) is 0. The van der Waals surface area contributed by atoms with Crippen LogP contribution >= 0.6 is 0 Å². The van der Waals surface area contributed by atoms with Crippen molar-refractivity contribution in [2.45, 2.75) is 89.6 Å². The molecule has 2 saturated carbocycles. The van der Waals surface area contributed by atoms with Crippen molar-refractivity contribution in [3.8, 4) is 0 Å². The molecule has 0 radical (unpaired) electrons. The van der Waals surface area contributed by atoms with Gasteiger partial charge in [-0.05, 0) is 50.4 Å². The van der Waals surface area contributed by atoms with E-state index in [0.29, 0.717) is 24.4 Å². The van der Waals surface area contributed by atoms with Crippen molar-refractivity contribution in [3.05, 3.63) is 0 Å². The van der Waals surface area contributed by atoms with Crippen LogP contribution < -0.4 is 0 Å². The Morgan fingerprint density at radius 2 is 1.24 bits per heavy atom. The second kappa shape index (κ2) is 7.43. The molecule has 0 amide bonds. The van der Waals surface area contributed by atoms with Gasteiger partial charge in [0, 0.05) is 26.1 Å². The minimum absolute atomic E-state index is 0.443. The molecule has 3 nitrogen and oxygen atoms in total. The fraction of sp³-hybridized carbons (Fsp3) is 1.00. The number of hydrogen-bond donors (Lipinski definition) is 0. The third-order valence-corrected chi connectivity index (χ3v) is 5.60. The standard InChI is InChI=1S/C18H32O3/c1-3-9-19-13-5-7-15-16-8-6-14(20-10-4-2)12-18(16)21-17(15)11-13/h13-18H,3-12H2,1-2H3. The molecule has 0 aromatic carbocycles. The average molecular weight is 296 g/mol. The quantitative estimate of drug-likeness (QED) is 0.743. The molecule has 0 spiro atoms. The fourth-order valence-corrected chi connectivity index (χ4v) is 4.62. The monoisotopic (exact) mass is 296 g/mol. The summed E-state index contributed by atoms with van der Waals surface area (Å²) in [4.78, 5) is 0. The summed E-state index contributed by atoms with van der Waals surface area (Å²) in [6.45, 7) is 6.18. The van der Waals surface area contributed by atoms with Gasteiger partial charge in [0.05, 0.1) is 24.4 Å². The zero-order valence-electron chi connectivity index (χ0n) is 13.8. The Labute approximate surface area is 129 Å². The molecular formula is C18H32O3. The molecule has 2 aliphatic carbocycles. The third kappa shape index (κ3) is 3.62. The Bertz CT molecular complexity index is 290. The van der Waals surface area contributed by atoms with Gasteiger partial charge in [-0.25, -0.2) is 0 Å². The lowest BCUT2D eigenvalue weighted by Gasteiger charge is -2.35. The molecule has 3 fully saturated rings. The Morgan fingerprint density at radius 3 is 1.67 bits per heavy atom. The first-order valence-electron chi connectivity index (χ1n) is 9.20. The van der Waals surface area contributed by atoms with Crippen LogP contribution in [0.3, 0.4) is 0 Å². The van der Waals surface area contributed by atoms with Crippen molar-refractivity contribution < 1.29 is 14.2 Å². The zero-order chi connectivity index (χ0) is 14.7. The van der Waals surface area contributed by atoms with Crippen molar-refractivity contribution in [2.24, 2.45) is 11.8 Å². The van der Waals surface area contributed by atoms with Crippen LogP contribution in [0.1, 0.15) is 65.2 Å². The summed E-state index contributed by atoms with van der Waals surface area (Å²) in [6.07, 6.45) is 11.4. The Balaban J connectivity index is 1.51. The lowest BCUT2D eigenvalue weighted by molar-refractivity contribution is -0.0674. The van der Waals surface area contributed by atoms with Crippen molar-refractivity contribution in [3.63, 3.8) is 0 Å². The predicted molar refractivity (Wildman–Crippen MR) is 83.4 cm³/mol. The van der Waals surface area contributed by atoms with Gasteiger partial charge in [0.2, 0.25) is 0 Å². The second-order valence-electron chi connectivity index (χ2n) is 7.15. The lowest BCUT2D eigenvalue weighted by atomic mass is 9.72. The van der Waals surface area contributed by atoms with Crippen molar-refractivity contribution in [1.29, 1.82) is 0 Å². The molecule has 21 heavy (non-hydrogen) atoms. The maximum atomic E-state index is 6.43. The zero-order valence-corrected chi connectivity index (χ0v) is 13.8. The summed E-state index contributed by atoms with van der Waals surface area (Å²) in [5.41, 5.74) is 0. The van der Waals surface area contributed by atoms with Crippen LogP contribution in [-0.4, -0.2) is 37.6 Å². The van der Waals surface area contributed by atoms with E-state index in [0.717, 1.165) is 50.7 Å². The Kier molecular flexibility index (Phi) is 5.58. The Morgan fingerprint density at radius 1 is 0.762 bits per heavy atom. The molecule has 6 unspecified atom stereocenters. The van der Waals surface area contributed by atoms with Gasteiger partial charge in [0.15, 0.2) is 0 Å². The highest BCUT2D eigenvalue weighted by Gasteiger charge is 2.49. The van der Waals surface area contributed by atoms with Crippen molar-refractivity contribution >= 4 is 0 Å². The van der Waals surface area contributed by atoms with E-state index in [1.807, 2.05) is 0 Å². The van der Waals surface area contributed by atoms with E-state index in [9.17, 15) is 0 Å². The third-order valence-electron chi connectivity index (χ3n) is 5.60. The van der Waals surface area contributed by atoms with Gasteiger partial charge >= 0.3 is 0 Å². The molecule has 122 valence electrons. The summed E-state index contributed by atoms with van der Waals surface area (Å²) >= 11 is 0. The second-order valence-corrected chi connectivity index (χ2v) is 7.15. The SMILES string of the molecule is CCCOC1CCC2C(C1)OC1CC(OCCC)CCC12. The first-order valence-corrected chi connectivity index (χ1v) is 9.20. The molecule has 3 rings (SSSR count). The molecule has 3 aliphatic rings. The highest BCUT2D eigenvalue weighted by molar-refractivity contribution is 4.97. The van der Waals surface area contributed by atoms with E-state index in [-0.39, 0.29) is 0 Å². The lowest BCUT2D eigenvalue weighted by Crippen LogP contribution is -2.35. The smallest absolute Gasteiger partial charge is 0.0635 e. The van der Waals surface area contributed by atoms with Crippen LogP contribution in [0, 0.1) is 11.8 Å². The molecule has 0 N–H and O–H groups in total. The molecule has 3 heteroatoms. The number of hydrogen-bond acceptors (Lipinski definition) is 3. The number of ether oxygens (including phenoxy) is 3. The highest BCUT2D eigenvalue weighted by Crippen LogP contribution is 2.48. The average Bonchev–Trinajstić information content (AvgIpc) is 2.87. The van der Waals surface area contributed by atoms with Crippen molar-refractivity contribution in [1.82, 2.24) is 0 Å². The molecule has 1 saturated heterocycles. The first-order chi connectivity index (χ1) is 10.3. The van der Waals surface area contributed by atoms with Gasteiger partial charge in [-0.3, -0.25) is 0 Å². The molecule has 6 atom stereocenters. The summed E-state index contributed by atoms with van der Waals surface area (Å²) in [6, 6.07) is 0. The minimum Gasteiger partial charge on any atom is -0.378 e. The maximum absolute atomic E-state index is 6.43. The van der Waals surface area contributed by atoms with E-state index in [1.165, 1.54) is 25.7 Å². The molecule has 0 aromatic rings. The normalized spacial score (nSPS) is 42.6. The van der Waals surface area contributed by atoms with E-state index in [1.54, 1.807) is 0 Å². The summed E-state index contributed by atoms with van der Waals surface area (Å²) in [5, 5.41) is 0. The first kappa shape index (κ1) is 15.8. The van der Waals surface area contributed by atoms with Gasteiger partial charge in [0.25, 0.3) is 0 Å². The molecule has 1 aliphatic heterocycles. The van der Waals surface area contributed by atoms with Gasteiger partial charge in [-0.15, -0.1) is 0 Å². The molecule has 0 bridgehead atoms. The van der Waals surface area contributed by atoms with Crippen LogP contribution in [0.2, 0.25) is 0 Å². The predicted octanol–water partition coefficient (Wildman–Crippen LogP) is 3.94. The van der Waals surface area contributed by atoms with Crippen LogP contribution in [0.15, 0.2) is 0 Å². The van der Waals surface area contributed by atoms with Crippen LogP contribution in [0.25, 0.3) is 0 Å². The van der Waals surface area contributed by atoms with Gasteiger partial charge in [-0.2, -0.15) is 0 Å². The largest absolute Gasteiger partial charge is 0.378 e. The molecule has 0 aromatic heterocycles. The van der Waals surface area contributed by atoms with Gasteiger partial charge in [0.1, 0.15) is 0 Å². The topological polar surface area (TPSA) is 27.7 Å². The summed E-state index contributed by atoms with van der Waals surface area (Å²) in [5.74, 6) is 1.59. The van der Waals surface area contributed by atoms with Gasteiger partial charge in [-0.1, -0.05) is 13.8 Å². The van der Waals surface area contributed by atoms with E-state index in [4.69, 9.17) is 14.2 Å². The number of rotatable bonds is 6. The van der Waals surface area contributed by atoms with Crippen molar-refractivity contribution in [2.75, 3.05) is 13.2 Å². The minimum atomic E-state index is 0.443. The molecule has 1 heterocycles. The van der Waals surface area contributed by atoms with E-state index >= 15 is 0 Å². The Hall–Kier alpha value is -0.120. The maximum Gasteiger partial charge on any atom is 0.0635 e. The van der Waals surface area contributed by atoms with E-state index < -0.39 is 0 Å². The highest BCUT2D eigenvalue weighted by atomic mass is 16.5. The van der Waals surface area contributed by atoms with Crippen LogP contribution in [0.5, 0.6) is 0 Å². The van der Waals surface area contributed by atoms with Gasteiger partial charge < -0.3 is 14.2 Å². The van der Waals surface area contributed by atoms with E-state index in [2.05, 4.69) is 13.8 Å². The summed E-state index contributed by atoms with van der Waals surface area (Å²) < 4.78 is 18.4.